The molecule has 2 atom stereocenters. The second-order valence-electron chi connectivity index (χ2n) is 5.72. The lowest BCUT2D eigenvalue weighted by Gasteiger charge is -2.19. The van der Waals surface area contributed by atoms with Gasteiger partial charge in [0.2, 0.25) is 5.91 Å². The first-order valence-electron chi connectivity index (χ1n) is 7.76. The number of ether oxygens (including phenoxy) is 1. The minimum atomic E-state index is -0.428. The van der Waals surface area contributed by atoms with Crippen LogP contribution in [-0.4, -0.2) is 18.1 Å². The third-order valence-corrected chi connectivity index (χ3v) is 3.29. The third kappa shape index (κ3) is 6.17. The summed E-state index contributed by atoms with van der Waals surface area (Å²) in [6.45, 7) is 8.03. The summed E-state index contributed by atoms with van der Waals surface area (Å²) in [6.07, 6.45) is 2.88. The predicted molar refractivity (Wildman–Crippen MR) is 86.3 cm³/mol. The summed E-state index contributed by atoms with van der Waals surface area (Å²) in [5.41, 5.74) is 6.91. The zero-order valence-electron chi connectivity index (χ0n) is 13.6. The fourth-order valence-corrected chi connectivity index (χ4v) is 2.09. The normalized spacial score (nSPS) is 13.8. The van der Waals surface area contributed by atoms with Gasteiger partial charge in [0.05, 0.1) is 18.2 Å². The van der Waals surface area contributed by atoms with Crippen LogP contribution in [0.4, 0.5) is 0 Å². The molecule has 118 valence electrons. The number of carbonyl (C=O) groups is 1. The van der Waals surface area contributed by atoms with E-state index in [4.69, 9.17) is 10.5 Å². The van der Waals surface area contributed by atoms with Gasteiger partial charge >= 0.3 is 0 Å². The van der Waals surface area contributed by atoms with E-state index < -0.39 is 6.04 Å². The van der Waals surface area contributed by atoms with E-state index in [-0.39, 0.29) is 18.1 Å². The van der Waals surface area contributed by atoms with Crippen molar-refractivity contribution in [3.8, 4) is 5.75 Å². The van der Waals surface area contributed by atoms with Crippen molar-refractivity contribution >= 4 is 5.91 Å². The predicted octanol–water partition coefficient (Wildman–Crippen LogP) is 3.17. The van der Waals surface area contributed by atoms with Gasteiger partial charge in [0.15, 0.2) is 0 Å². The largest absolute Gasteiger partial charge is 0.491 e. The zero-order chi connectivity index (χ0) is 15.8. The van der Waals surface area contributed by atoms with Crippen LogP contribution in [0.1, 0.15) is 58.6 Å². The molecule has 4 heteroatoms. The highest BCUT2D eigenvalue weighted by molar-refractivity contribution is 5.81. The SMILES string of the molecule is CCCCC(N)C(=O)NC(C)c1cccc(OC(C)C)c1. The van der Waals surface area contributed by atoms with Crippen molar-refractivity contribution in [1.29, 1.82) is 0 Å². The number of nitrogens with two attached hydrogens (primary N) is 1. The molecule has 0 aliphatic rings. The van der Waals surface area contributed by atoms with Crippen LogP contribution in [0.2, 0.25) is 0 Å². The summed E-state index contributed by atoms with van der Waals surface area (Å²) in [7, 11) is 0. The van der Waals surface area contributed by atoms with Crippen molar-refractivity contribution < 1.29 is 9.53 Å². The van der Waals surface area contributed by atoms with Gasteiger partial charge in [0, 0.05) is 0 Å². The number of nitrogens with one attached hydrogen (secondary N) is 1. The van der Waals surface area contributed by atoms with Gasteiger partial charge in [0.1, 0.15) is 5.75 Å². The Balaban J connectivity index is 2.62. The van der Waals surface area contributed by atoms with Gasteiger partial charge in [0.25, 0.3) is 0 Å². The van der Waals surface area contributed by atoms with Crippen molar-refractivity contribution in [1.82, 2.24) is 5.32 Å². The van der Waals surface area contributed by atoms with Crippen molar-refractivity contribution in [2.24, 2.45) is 5.73 Å². The molecule has 0 fully saturated rings. The molecule has 3 N–H and O–H groups in total. The summed E-state index contributed by atoms with van der Waals surface area (Å²) >= 11 is 0. The molecule has 1 aromatic rings. The molecule has 1 rings (SSSR count). The number of rotatable bonds is 8. The highest BCUT2D eigenvalue weighted by Crippen LogP contribution is 2.20. The Bertz CT molecular complexity index is 446. The van der Waals surface area contributed by atoms with Gasteiger partial charge < -0.3 is 15.8 Å². The Morgan fingerprint density at radius 2 is 2.05 bits per heavy atom. The molecule has 0 spiro atoms. The van der Waals surface area contributed by atoms with E-state index in [1.807, 2.05) is 45.0 Å². The molecule has 0 saturated carbocycles. The highest BCUT2D eigenvalue weighted by Gasteiger charge is 2.16. The first kappa shape index (κ1) is 17.5. The second kappa shape index (κ2) is 8.67. The average molecular weight is 292 g/mol. The summed E-state index contributed by atoms with van der Waals surface area (Å²) < 4.78 is 5.67. The maximum absolute atomic E-state index is 12.0. The molecule has 0 aliphatic heterocycles. The number of hydrogen-bond acceptors (Lipinski definition) is 3. The molecule has 2 unspecified atom stereocenters. The van der Waals surface area contributed by atoms with Crippen LogP contribution < -0.4 is 15.8 Å². The first-order chi connectivity index (χ1) is 9.93. The van der Waals surface area contributed by atoms with Crippen LogP contribution >= 0.6 is 0 Å². The Kier molecular flexibility index (Phi) is 7.23. The van der Waals surface area contributed by atoms with Crippen LogP contribution in [0.15, 0.2) is 24.3 Å². The van der Waals surface area contributed by atoms with Crippen molar-refractivity contribution in [3.05, 3.63) is 29.8 Å². The van der Waals surface area contributed by atoms with Gasteiger partial charge in [-0.1, -0.05) is 31.9 Å². The van der Waals surface area contributed by atoms with E-state index >= 15 is 0 Å². The molecule has 0 aliphatic carbocycles. The molecule has 0 bridgehead atoms. The zero-order valence-corrected chi connectivity index (χ0v) is 13.6. The molecule has 0 heterocycles. The molecule has 4 nitrogen and oxygen atoms in total. The van der Waals surface area contributed by atoms with Crippen LogP contribution in [-0.2, 0) is 4.79 Å². The number of amides is 1. The third-order valence-electron chi connectivity index (χ3n) is 3.29. The number of unbranched alkanes of at least 4 members (excludes halogenated alkanes) is 1. The van der Waals surface area contributed by atoms with Crippen LogP contribution in [0.25, 0.3) is 0 Å². The lowest BCUT2D eigenvalue weighted by Crippen LogP contribution is -2.41. The smallest absolute Gasteiger partial charge is 0.237 e. The summed E-state index contributed by atoms with van der Waals surface area (Å²) in [4.78, 5) is 12.0. The van der Waals surface area contributed by atoms with Crippen molar-refractivity contribution in [2.75, 3.05) is 0 Å². The molecule has 0 radical (unpaired) electrons. The maximum Gasteiger partial charge on any atom is 0.237 e. The van der Waals surface area contributed by atoms with Crippen LogP contribution in [0, 0.1) is 0 Å². The Labute approximate surface area is 128 Å². The number of benzene rings is 1. The molecule has 1 amide bonds. The van der Waals surface area contributed by atoms with Crippen LogP contribution in [0.3, 0.4) is 0 Å². The van der Waals surface area contributed by atoms with E-state index in [2.05, 4.69) is 12.2 Å². The Hall–Kier alpha value is -1.55. The van der Waals surface area contributed by atoms with Gasteiger partial charge in [-0.2, -0.15) is 0 Å². The molecule has 21 heavy (non-hydrogen) atoms. The van der Waals surface area contributed by atoms with Gasteiger partial charge in [-0.3, -0.25) is 4.79 Å². The number of hydrogen-bond donors (Lipinski definition) is 2. The Morgan fingerprint density at radius 1 is 1.33 bits per heavy atom. The lowest BCUT2D eigenvalue weighted by molar-refractivity contribution is -0.123. The van der Waals surface area contributed by atoms with E-state index in [1.165, 1.54) is 0 Å². The second-order valence-corrected chi connectivity index (χ2v) is 5.72. The first-order valence-corrected chi connectivity index (χ1v) is 7.76. The van der Waals surface area contributed by atoms with Gasteiger partial charge in [-0.15, -0.1) is 0 Å². The molecule has 0 saturated heterocycles. The van der Waals surface area contributed by atoms with E-state index in [0.717, 1.165) is 30.6 Å². The lowest BCUT2D eigenvalue weighted by atomic mass is 10.1. The van der Waals surface area contributed by atoms with Crippen molar-refractivity contribution in [2.45, 2.75) is 65.1 Å². The van der Waals surface area contributed by atoms with Gasteiger partial charge in [-0.05, 0) is 44.9 Å². The molecular weight excluding hydrogens is 264 g/mol. The topological polar surface area (TPSA) is 64.4 Å². The quantitative estimate of drug-likeness (QED) is 0.773. The van der Waals surface area contributed by atoms with Gasteiger partial charge in [-0.25, -0.2) is 0 Å². The van der Waals surface area contributed by atoms with E-state index in [1.54, 1.807) is 0 Å². The Morgan fingerprint density at radius 3 is 2.67 bits per heavy atom. The summed E-state index contributed by atoms with van der Waals surface area (Å²) in [5.74, 6) is 0.727. The van der Waals surface area contributed by atoms with E-state index in [0.29, 0.717) is 0 Å². The van der Waals surface area contributed by atoms with Crippen LogP contribution in [0.5, 0.6) is 5.75 Å². The number of carbonyl (C=O) groups excluding carboxylic acids is 1. The summed E-state index contributed by atoms with van der Waals surface area (Å²) in [6, 6.07) is 7.29. The van der Waals surface area contributed by atoms with E-state index in [9.17, 15) is 4.79 Å². The minimum Gasteiger partial charge on any atom is -0.491 e. The fourth-order valence-electron chi connectivity index (χ4n) is 2.09. The minimum absolute atomic E-state index is 0.0825. The molecule has 0 aromatic heterocycles. The molecular formula is C17H28N2O2. The average Bonchev–Trinajstić information content (AvgIpc) is 2.44. The maximum atomic E-state index is 12.0. The van der Waals surface area contributed by atoms with Crippen molar-refractivity contribution in [3.63, 3.8) is 0 Å². The highest BCUT2D eigenvalue weighted by atomic mass is 16.5. The summed E-state index contributed by atoms with van der Waals surface area (Å²) in [5, 5.41) is 2.97. The monoisotopic (exact) mass is 292 g/mol. The standard InChI is InChI=1S/C17H28N2O2/c1-5-6-10-16(18)17(20)19-13(4)14-8-7-9-15(11-14)21-12(2)3/h7-9,11-13,16H,5-6,10,18H2,1-4H3,(H,19,20). The fraction of sp³-hybridized carbons (Fsp3) is 0.588. The molecule has 1 aromatic carbocycles.